The number of anilines is 1. The second-order valence-electron chi connectivity index (χ2n) is 6.02. The predicted molar refractivity (Wildman–Crippen MR) is 86.4 cm³/mol. The van der Waals surface area contributed by atoms with Gasteiger partial charge in [-0.2, -0.15) is 0 Å². The van der Waals surface area contributed by atoms with Crippen LogP contribution in [0.5, 0.6) is 0 Å². The molecular formula is C14H19Cl2N3O2. The number of hydrogen-bond acceptors (Lipinski definition) is 4. The first-order valence-electron chi connectivity index (χ1n) is 6.92. The number of hydrogen-bond donors (Lipinski definition) is 2. The smallest absolute Gasteiger partial charge is 0.293 e. The van der Waals surface area contributed by atoms with E-state index in [1.165, 1.54) is 12.1 Å². The van der Waals surface area contributed by atoms with Crippen LogP contribution in [0.3, 0.4) is 0 Å². The molecule has 1 heterocycles. The van der Waals surface area contributed by atoms with Gasteiger partial charge in [0.05, 0.1) is 15.0 Å². The molecule has 0 saturated carbocycles. The van der Waals surface area contributed by atoms with Crippen molar-refractivity contribution in [1.29, 1.82) is 0 Å². The number of nitro groups is 1. The number of benzene rings is 1. The molecule has 1 aliphatic rings. The van der Waals surface area contributed by atoms with Crippen LogP contribution in [0.15, 0.2) is 12.1 Å². The van der Waals surface area contributed by atoms with Gasteiger partial charge in [0.1, 0.15) is 5.69 Å². The minimum Gasteiger partial charge on any atom is -0.378 e. The number of halogens is 2. The van der Waals surface area contributed by atoms with Crippen molar-refractivity contribution in [2.45, 2.75) is 32.7 Å². The molecule has 0 radical (unpaired) electrons. The van der Waals surface area contributed by atoms with E-state index < -0.39 is 4.92 Å². The van der Waals surface area contributed by atoms with E-state index >= 15 is 0 Å². The van der Waals surface area contributed by atoms with Gasteiger partial charge in [0.2, 0.25) is 0 Å². The van der Waals surface area contributed by atoms with Gasteiger partial charge in [-0.15, -0.1) is 0 Å². The summed E-state index contributed by atoms with van der Waals surface area (Å²) in [5, 5.41) is 18.2. The van der Waals surface area contributed by atoms with Crippen molar-refractivity contribution >= 4 is 34.6 Å². The minimum atomic E-state index is -0.454. The molecule has 1 atom stereocenters. The van der Waals surface area contributed by atoms with Crippen molar-refractivity contribution in [3.8, 4) is 0 Å². The lowest BCUT2D eigenvalue weighted by molar-refractivity contribution is -0.383. The molecule has 21 heavy (non-hydrogen) atoms. The van der Waals surface area contributed by atoms with Crippen LogP contribution in [0.2, 0.25) is 10.0 Å². The van der Waals surface area contributed by atoms with Crippen molar-refractivity contribution < 1.29 is 4.92 Å². The molecule has 1 aromatic carbocycles. The maximum absolute atomic E-state index is 11.1. The average Bonchev–Trinajstić information content (AvgIpc) is 2.40. The summed E-state index contributed by atoms with van der Waals surface area (Å²) in [6.45, 7) is 5.98. The highest BCUT2D eigenvalue weighted by molar-refractivity contribution is 6.42. The van der Waals surface area contributed by atoms with Gasteiger partial charge in [-0.05, 0) is 30.9 Å². The summed E-state index contributed by atoms with van der Waals surface area (Å²) in [6, 6.07) is 3.05. The molecule has 2 rings (SSSR count). The van der Waals surface area contributed by atoms with Gasteiger partial charge in [-0.1, -0.05) is 37.0 Å². The van der Waals surface area contributed by atoms with Crippen LogP contribution in [0.1, 0.15) is 26.7 Å². The molecule has 0 spiro atoms. The van der Waals surface area contributed by atoms with Gasteiger partial charge >= 0.3 is 0 Å². The average molecular weight is 332 g/mol. The van der Waals surface area contributed by atoms with Gasteiger partial charge in [0, 0.05) is 18.7 Å². The maximum Gasteiger partial charge on any atom is 0.293 e. The Kier molecular flexibility index (Phi) is 4.96. The Hall–Kier alpha value is -1.04. The molecule has 0 amide bonds. The number of nitrogens with zero attached hydrogens (tertiary/aromatic N) is 1. The lowest BCUT2D eigenvalue weighted by atomic mass is 9.77. The van der Waals surface area contributed by atoms with Crippen LogP contribution in [0.25, 0.3) is 0 Å². The highest BCUT2D eigenvalue weighted by Crippen LogP contribution is 2.35. The van der Waals surface area contributed by atoms with Crippen molar-refractivity contribution in [1.82, 2.24) is 5.32 Å². The normalized spacial score (nSPS) is 21.0. The van der Waals surface area contributed by atoms with Crippen LogP contribution >= 0.6 is 23.2 Å². The molecule has 5 nitrogen and oxygen atoms in total. The first-order chi connectivity index (χ1) is 9.81. The summed E-state index contributed by atoms with van der Waals surface area (Å²) in [4.78, 5) is 10.7. The van der Waals surface area contributed by atoms with E-state index in [4.69, 9.17) is 23.2 Å². The fourth-order valence-corrected chi connectivity index (χ4v) is 2.98. The van der Waals surface area contributed by atoms with Crippen LogP contribution < -0.4 is 10.6 Å². The molecule has 0 aliphatic carbocycles. The maximum atomic E-state index is 11.1. The fourth-order valence-electron chi connectivity index (χ4n) is 2.66. The molecular weight excluding hydrogens is 313 g/mol. The second kappa shape index (κ2) is 6.38. The zero-order chi connectivity index (χ0) is 15.6. The fraction of sp³-hybridized carbons (Fsp3) is 0.571. The predicted octanol–water partition coefficient (Wildman–Crippen LogP) is 4.09. The molecule has 7 heteroatoms. The van der Waals surface area contributed by atoms with Crippen molar-refractivity contribution in [3.63, 3.8) is 0 Å². The van der Waals surface area contributed by atoms with Gasteiger partial charge in [0.25, 0.3) is 5.69 Å². The molecule has 1 aliphatic heterocycles. The van der Waals surface area contributed by atoms with E-state index in [2.05, 4.69) is 24.5 Å². The van der Waals surface area contributed by atoms with Gasteiger partial charge in [-0.25, -0.2) is 0 Å². The number of rotatable bonds is 4. The first-order valence-corrected chi connectivity index (χ1v) is 7.67. The Morgan fingerprint density at radius 2 is 2.10 bits per heavy atom. The standard InChI is InChI=1S/C14H19Cl2N3O2/c1-14(2)4-3-5-17-13(14)8-18-11-6-9(15)10(16)7-12(11)19(20)21/h6-7,13,17-18H,3-5,8H2,1-2H3. The Bertz CT molecular complexity index is 549. The Labute approximate surface area is 134 Å². The third kappa shape index (κ3) is 3.78. The number of nitrogens with one attached hydrogen (secondary N) is 2. The molecule has 0 aromatic heterocycles. The van der Waals surface area contributed by atoms with Crippen molar-refractivity contribution in [2.75, 3.05) is 18.4 Å². The van der Waals surface area contributed by atoms with Gasteiger partial charge in [-0.3, -0.25) is 10.1 Å². The number of nitro benzene ring substituents is 1. The summed E-state index contributed by atoms with van der Waals surface area (Å²) in [7, 11) is 0. The Balaban J connectivity index is 2.16. The summed E-state index contributed by atoms with van der Waals surface area (Å²) in [5.41, 5.74) is 0.492. The zero-order valence-electron chi connectivity index (χ0n) is 12.1. The summed E-state index contributed by atoms with van der Waals surface area (Å²) < 4.78 is 0. The molecule has 0 bridgehead atoms. The highest BCUT2D eigenvalue weighted by Gasteiger charge is 2.32. The topological polar surface area (TPSA) is 67.2 Å². The largest absolute Gasteiger partial charge is 0.378 e. The van der Waals surface area contributed by atoms with E-state index in [0.29, 0.717) is 17.3 Å². The van der Waals surface area contributed by atoms with Crippen molar-refractivity contribution in [3.05, 3.63) is 32.3 Å². The first kappa shape index (κ1) is 16.3. The van der Waals surface area contributed by atoms with E-state index in [0.717, 1.165) is 19.4 Å². The lowest BCUT2D eigenvalue weighted by Crippen LogP contribution is -2.50. The molecule has 1 unspecified atom stereocenters. The Morgan fingerprint density at radius 1 is 1.43 bits per heavy atom. The molecule has 1 fully saturated rings. The van der Waals surface area contributed by atoms with Gasteiger partial charge < -0.3 is 10.6 Å². The highest BCUT2D eigenvalue weighted by atomic mass is 35.5. The van der Waals surface area contributed by atoms with E-state index in [1.54, 1.807) is 0 Å². The lowest BCUT2D eigenvalue weighted by Gasteiger charge is -2.39. The van der Waals surface area contributed by atoms with E-state index in [9.17, 15) is 10.1 Å². The monoisotopic (exact) mass is 331 g/mol. The molecule has 116 valence electrons. The van der Waals surface area contributed by atoms with E-state index in [-0.39, 0.29) is 22.2 Å². The summed E-state index contributed by atoms with van der Waals surface area (Å²) >= 11 is 11.8. The van der Waals surface area contributed by atoms with Crippen molar-refractivity contribution in [2.24, 2.45) is 5.41 Å². The van der Waals surface area contributed by atoms with Crippen LogP contribution in [0, 0.1) is 15.5 Å². The van der Waals surface area contributed by atoms with Crippen LogP contribution in [0.4, 0.5) is 11.4 Å². The van der Waals surface area contributed by atoms with Gasteiger partial charge in [0.15, 0.2) is 0 Å². The number of piperidine rings is 1. The third-order valence-electron chi connectivity index (χ3n) is 4.06. The second-order valence-corrected chi connectivity index (χ2v) is 6.83. The molecule has 1 saturated heterocycles. The zero-order valence-corrected chi connectivity index (χ0v) is 13.6. The minimum absolute atomic E-state index is 0.0574. The van der Waals surface area contributed by atoms with Crippen LogP contribution in [-0.4, -0.2) is 24.1 Å². The quantitative estimate of drug-likeness (QED) is 0.644. The Morgan fingerprint density at radius 3 is 2.71 bits per heavy atom. The summed E-state index contributed by atoms with van der Waals surface area (Å²) in [5.74, 6) is 0. The summed E-state index contributed by atoms with van der Waals surface area (Å²) in [6.07, 6.45) is 2.28. The SMILES string of the molecule is CC1(C)CCCNC1CNc1cc(Cl)c(Cl)cc1[N+](=O)[O-]. The van der Waals surface area contributed by atoms with E-state index in [1.807, 2.05) is 0 Å². The third-order valence-corrected chi connectivity index (χ3v) is 4.79. The molecule has 2 N–H and O–H groups in total. The molecule has 1 aromatic rings. The van der Waals surface area contributed by atoms with Crippen LogP contribution in [-0.2, 0) is 0 Å².